The molecule has 0 unspecified atom stereocenters. The molecule has 0 N–H and O–H groups in total. The van der Waals surface area contributed by atoms with Crippen LogP contribution in [0.5, 0.6) is 0 Å². The number of pyridine rings is 1. The number of amides is 1. The minimum absolute atomic E-state index is 0.0104. The molecule has 3 heterocycles. The van der Waals surface area contributed by atoms with E-state index in [-0.39, 0.29) is 12.3 Å². The number of hydrogen-bond acceptors (Lipinski definition) is 4. The van der Waals surface area contributed by atoms with E-state index in [1.165, 1.54) is 10.6 Å². The Morgan fingerprint density at radius 1 is 1.22 bits per heavy atom. The molecule has 0 saturated carbocycles. The second-order valence-electron chi connectivity index (χ2n) is 5.77. The van der Waals surface area contributed by atoms with Crippen molar-refractivity contribution in [2.75, 3.05) is 32.4 Å². The van der Waals surface area contributed by atoms with E-state index in [0.717, 1.165) is 11.3 Å². The molecule has 0 radical (unpaired) electrons. The largest absolute Gasteiger partial charge is 0.341 e. The lowest BCUT2D eigenvalue weighted by Crippen LogP contribution is -2.37. The maximum Gasteiger partial charge on any atom is 0.228 e. The zero-order chi connectivity index (χ0) is 16.4. The monoisotopic (exact) mass is 336 g/mol. The van der Waals surface area contributed by atoms with Crippen LogP contribution in [0.4, 0.5) is 0 Å². The predicted octanol–water partition coefficient (Wildman–Crippen LogP) is 0.371. The maximum atomic E-state index is 12.5. The fourth-order valence-electron chi connectivity index (χ4n) is 2.81. The summed E-state index contributed by atoms with van der Waals surface area (Å²) in [6, 6.07) is 5.71. The Morgan fingerprint density at radius 3 is 2.78 bits per heavy atom. The molecule has 23 heavy (non-hydrogen) atoms. The number of nitrogens with zero attached hydrogens (tertiary/aromatic N) is 4. The van der Waals surface area contributed by atoms with Gasteiger partial charge in [0.05, 0.1) is 18.4 Å². The van der Waals surface area contributed by atoms with Crippen molar-refractivity contribution in [3.8, 4) is 0 Å². The molecule has 124 valence electrons. The third-order valence-electron chi connectivity index (χ3n) is 4.02. The summed E-state index contributed by atoms with van der Waals surface area (Å²) in [5, 5.41) is 0. The number of imidazole rings is 1. The van der Waals surface area contributed by atoms with Crippen molar-refractivity contribution in [2.45, 2.75) is 12.8 Å². The summed E-state index contributed by atoms with van der Waals surface area (Å²) in [4.78, 5) is 18.6. The number of carbonyl (C=O) groups is 1. The lowest BCUT2D eigenvalue weighted by Gasteiger charge is -2.20. The molecule has 0 spiro atoms. The molecular formula is C15H20N4O3S. The van der Waals surface area contributed by atoms with Crippen molar-refractivity contribution in [2.24, 2.45) is 0 Å². The van der Waals surface area contributed by atoms with Gasteiger partial charge in [0.1, 0.15) is 5.65 Å². The van der Waals surface area contributed by atoms with E-state index in [9.17, 15) is 13.2 Å². The number of rotatable bonds is 3. The molecule has 0 aromatic carbocycles. The standard InChI is InChI=1S/C15H20N4O3S/c1-23(21,22)19-8-4-7-17(9-10-19)15(20)11-13-12-18-6-3-2-5-14(18)16-13/h2-3,5-6,12H,4,7-11H2,1H3. The van der Waals surface area contributed by atoms with Gasteiger partial charge in [-0.05, 0) is 18.6 Å². The minimum Gasteiger partial charge on any atom is -0.341 e. The lowest BCUT2D eigenvalue weighted by molar-refractivity contribution is -0.130. The summed E-state index contributed by atoms with van der Waals surface area (Å²) in [5.41, 5.74) is 1.54. The average molecular weight is 336 g/mol. The molecule has 1 aliphatic rings. The van der Waals surface area contributed by atoms with Gasteiger partial charge in [0.15, 0.2) is 0 Å². The Morgan fingerprint density at radius 2 is 2.04 bits per heavy atom. The van der Waals surface area contributed by atoms with Crippen LogP contribution in [0.15, 0.2) is 30.6 Å². The summed E-state index contributed by atoms with van der Waals surface area (Å²) in [6.45, 7) is 1.84. The second kappa shape index (κ2) is 6.29. The summed E-state index contributed by atoms with van der Waals surface area (Å²) in [7, 11) is -3.19. The molecule has 0 aliphatic carbocycles. The fourth-order valence-corrected chi connectivity index (χ4v) is 3.69. The van der Waals surface area contributed by atoms with Gasteiger partial charge >= 0.3 is 0 Å². The van der Waals surface area contributed by atoms with Crippen molar-refractivity contribution >= 4 is 21.6 Å². The van der Waals surface area contributed by atoms with Crippen molar-refractivity contribution in [1.82, 2.24) is 18.6 Å². The van der Waals surface area contributed by atoms with Gasteiger partial charge in [-0.2, -0.15) is 0 Å². The Hall–Kier alpha value is -1.93. The molecule has 0 atom stereocenters. The highest BCUT2D eigenvalue weighted by Gasteiger charge is 2.24. The molecule has 2 aromatic rings. The van der Waals surface area contributed by atoms with Crippen LogP contribution in [0.2, 0.25) is 0 Å². The first-order chi connectivity index (χ1) is 10.9. The van der Waals surface area contributed by atoms with E-state index in [4.69, 9.17) is 0 Å². The van der Waals surface area contributed by atoms with Gasteiger partial charge in [-0.3, -0.25) is 4.79 Å². The van der Waals surface area contributed by atoms with Crippen LogP contribution >= 0.6 is 0 Å². The van der Waals surface area contributed by atoms with Gasteiger partial charge in [-0.25, -0.2) is 17.7 Å². The van der Waals surface area contributed by atoms with E-state index < -0.39 is 10.0 Å². The molecule has 1 fully saturated rings. The molecule has 7 nitrogen and oxygen atoms in total. The van der Waals surface area contributed by atoms with Crippen LogP contribution in [0.25, 0.3) is 5.65 Å². The second-order valence-corrected chi connectivity index (χ2v) is 7.75. The van der Waals surface area contributed by atoms with E-state index in [1.54, 1.807) is 4.90 Å². The Bertz CT molecular complexity index is 782. The highest BCUT2D eigenvalue weighted by molar-refractivity contribution is 7.88. The minimum atomic E-state index is -3.19. The smallest absolute Gasteiger partial charge is 0.228 e. The zero-order valence-electron chi connectivity index (χ0n) is 13.1. The molecular weight excluding hydrogens is 316 g/mol. The zero-order valence-corrected chi connectivity index (χ0v) is 13.9. The third kappa shape index (κ3) is 3.70. The topological polar surface area (TPSA) is 75.0 Å². The molecule has 1 aliphatic heterocycles. The Balaban J connectivity index is 1.66. The van der Waals surface area contributed by atoms with E-state index >= 15 is 0 Å². The van der Waals surface area contributed by atoms with E-state index in [2.05, 4.69) is 4.98 Å². The highest BCUT2D eigenvalue weighted by atomic mass is 32.2. The van der Waals surface area contributed by atoms with Gasteiger partial charge in [-0.1, -0.05) is 6.07 Å². The highest BCUT2D eigenvalue weighted by Crippen LogP contribution is 2.10. The normalized spacial score (nSPS) is 17.3. The Kier molecular flexibility index (Phi) is 4.36. The molecule has 2 aromatic heterocycles. The summed E-state index contributed by atoms with van der Waals surface area (Å²) >= 11 is 0. The first-order valence-corrected chi connectivity index (χ1v) is 9.44. The van der Waals surface area contributed by atoms with Crippen LogP contribution in [-0.4, -0.2) is 65.3 Å². The number of fused-ring (bicyclic) bond motifs is 1. The molecule has 3 rings (SSSR count). The third-order valence-corrected chi connectivity index (χ3v) is 5.33. The molecule has 1 amide bonds. The quantitative estimate of drug-likeness (QED) is 0.812. The van der Waals surface area contributed by atoms with E-state index in [1.807, 2.05) is 35.0 Å². The summed E-state index contributed by atoms with van der Waals surface area (Å²) in [5.74, 6) is -0.0104. The van der Waals surface area contributed by atoms with Gasteiger partial charge in [-0.15, -0.1) is 0 Å². The van der Waals surface area contributed by atoms with Gasteiger partial charge in [0.25, 0.3) is 0 Å². The van der Waals surface area contributed by atoms with Crippen molar-refractivity contribution in [3.63, 3.8) is 0 Å². The molecule has 8 heteroatoms. The van der Waals surface area contributed by atoms with Crippen molar-refractivity contribution in [3.05, 3.63) is 36.3 Å². The van der Waals surface area contributed by atoms with Gasteiger partial charge in [0, 0.05) is 38.6 Å². The average Bonchev–Trinajstić information content (AvgIpc) is 2.72. The first-order valence-electron chi connectivity index (χ1n) is 7.59. The maximum absolute atomic E-state index is 12.5. The van der Waals surface area contributed by atoms with Gasteiger partial charge < -0.3 is 9.30 Å². The first kappa shape index (κ1) is 15.9. The van der Waals surface area contributed by atoms with Crippen LogP contribution in [0, 0.1) is 0 Å². The Labute approximate surface area is 135 Å². The van der Waals surface area contributed by atoms with Crippen LogP contribution < -0.4 is 0 Å². The molecule has 0 bridgehead atoms. The number of sulfonamides is 1. The van der Waals surface area contributed by atoms with Crippen LogP contribution in [-0.2, 0) is 21.2 Å². The van der Waals surface area contributed by atoms with Crippen molar-refractivity contribution in [1.29, 1.82) is 0 Å². The summed E-state index contributed by atoms with van der Waals surface area (Å²) in [6.07, 6.45) is 5.85. The number of carbonyl (C=O) groups excluding carboxylic acids is 1. The van der Waals surface area contributed by atoms with Gasteiger partial charge in [0.2, 0.25) is 15.9 Å². The van der Waals surface area contributed by atoms with Crippen molar-refractivity contribution < 1.29 is 13.2 Å². The number of aromatic nitrogens is 2. The lowest BCUT2D eigenvalue weighted by atomic mass is 10.3. The molecule has 1 saturated heterocycles. The SMILES string of the molecule is CS(=O)(=O)N1CCCN(C(=O)Cc2cn3ccccc3n2)CC1. The van der Waals surface area contributed by atoms with Crippen LogP contribution in [0.1, 0.15) is 12.1 Å². The summed E-state index contributed by atoms with van der Waals surface area (Å²) < 4.78 is 26.6. The fraction of sp³-hybridized carbons (Fsp3) is 0.467. The van der Waals surface area contributed by atoms with E-state index in [0.29, 0.717) is 32.6 Å². The van der Waals surface area contributed by atoms with Crippen LogP contribution in [0.3, 0.4) is 0 Å². The number of hydrogen-bond donors (Lipinski definition) is 0. The predicted molar refractivity (Wildman–Crippen MR) is 86.5 cm³/mol.